The Kier molecular flexibility index (Phi) is 6.42. The molecule has 3 rings (SSSR count). The average molecular weight is 480 g/mol. The van der Waals surface area contributed by atoms with Gasteiger partial charge in [-0.05, 0) is 92.2 Å². The molecule has 7 heteroatoms. The molecule has 1 aliphatic heterocycles. The van der Waals surface area contributed by atoms with Gasteiger partial charge in [-0.1, -0.05) is 0 Å². The molecular weight excluding hydrogens is 461 g/mol. The van der Waals surface area contributed by atoms with E-state index in [-0.39, 0.29) is 29.9 Å². The van der Waals surface area contributed by atoms with Crippen LogP contribution in [0, 0.1) is 0 Å². The summed E-state index contributed by atoms with van der Waals surface area (Å²) in [6.45, 7) is 0.848. The van der Waals surface area contributed by atoms with Crippen molar-refractivity contribution in [2.24, 2.45) is 0 Å². The van der Waals surface area contributed by atoms with E-state index in [1.807, 2.05) is 12.1 Å². The van der Waals surface area contributed by atoms with E-state index in [2.05, 4.69) is 37.2 Å². The Hall–Kier alpha value is -0.950. The van der Waals surface area contributed by atoms with Crippen molar-refractivity contribution < 1.29 is 14.9 Å². The first-order valence-corrected chi connectivity index (χ1v) is 8.88. The highest BCUT2D eigenvalue weighted by molar-refractivity contribution is 9.11. The lowest BCUT2D eigenvalue weighted by Crippen LogP contribution is -2.31. The summed E-state index contributed by atoms with van der Waals surface area (Å²) in [7, 11) is 1.64. The van der Waals surface area contributed by atoms with Crippen molar-refractivity contribution in [3.05, 3.63) is 49.9 Å². The summed E-state index contributed by atoms with van der Waals surface area (Å²) in [5, 5.41) is 23.0. The lowest BCUT2D eigenvalue weighted by molar-refractivity contribution is 0.398. The Morgan fingerprint density at radius 1 is 1.12 bits per heavy atom. The Balaban J connectivity index is 0.00000208. The van der Waals surface area contributed by atoms with Crippen molar-refractivity contribution in [1.29, 1.82) is 0 Å². The van der Waals surface area contributed by atoms with Gasteiger partial charge in [-0.3, -0.25) is 0 Å². The number of methoxy groups -OCH3 is 1. The largest absolute Gasteiger partial charge is 0.504 e. The highest BCUT2D eigenvalue weighted by Gasteiger charge is 2.22. The number of halogens is 3. The molecule has 0 fully saturated rings. The van der Waals surface area contributed by atoms with Crippen LogP contribution in [0.15, 0.2) is 33.2 Å². The first-order chi connectivity index (χ1) is 11.0. The standard InChI is InChI=1S/C17H17Br2NO3.ClH/c1-23-17-12(18)4-9(5-13(17)19)6-14-11-8-16(22)15(21)7-10(11)2-3-20-14;/h4-5,7-8,14,20-22H,2-3,6H2,1H3;1H/t14-;/m0./s1. The smallest absolute Gasteiger partial charge is 0.157 e. The number of aromatic hydroxyl groups is 2. The lowest BCUT2D eigenvalue weighted by Gasteiger charge is -2.27. The molecule has 0 bridgehead atoms. The minimum Gasteiger partial charge on any atom is -0.504 e. The van der Waals surface area contributed by atoms with Gasteiger partial charge in [0.15, 0.2) is 11.5 Å². The molecule has 4 nitrogen and oxygen atoms in total. The average Bonchev–Trinajstić information content (AvgIpc) is 2.49. The summed E-state index contributed by atoms with van der Waals surface area (Å²) in [4.78, 5) is 0. The quantitative estimate of drug-likeness (QED) is 0.568. The van der Waals surface area contributed by atoms with Crippen LogP contribution in [-0.2, 0) is 12.8 Å². The summed E-state index contributed by atoms with van der Waals surface area (Å²) in [5.41, 5.74) is 3.26. The van der Waals surface area contributed by atoms with E-state index in [9.17, 15) is 10.2 Å². The second kappa shape index (κ2) is 7.95. The second-order valence-electron chi connectivity index (χ2n) is 5.59. The van der Waals surface area contributed by atoms with Crippen LogP contribution in [0.4, 0.5) is 0 Å². The molecule has 2 aromatic rings. The molecule has 2 aromatic carbocycles. The molecule has 0 unspecified atom stereocenters. The maximum atomic E-state index is 9.81. The van der Waals surface area contributed by atoms with Crippen molar-refractivity contribution in [3.8, 4) is 17.2 Å². The third kappa shape index (κ3) is 3.82. The Labute approximate surface area is 163 Å². The van der Waals surface area contributed by atoms with Gasteiger partial charge >= 0.3 is 0 Å². The molecule has 0 aliphatic carbocycles. The Morgan fingerprint density at radius 3 is 2.38 bits per heavy atom. The van der Waals surface area contributed by atoms with Gasteiger partial charge in [-0.2, -0.15) is 0 Å². The molecule has 0 aromatic heterocycles. The van der Waals surface area contributed by atoms with Crippen LogP contribution in [0.5, 0.6) is 17.2 Å². The lowest BCUT2D eigenvalue weighted by atomic mass is 9.90. The summed E-state index contributed by atoms with van der Waals surface area (Å²) in [6.07, 6.45) is 1.62. The van der Waals surface area contributed by atoms with Crippen LogP contribution < -0.4 is 10.1 Å². The Morgan fingerprint density at radius 2 is 1.75 bits per heavy atom. The van der Waals surface area contributed by atoms with Crippen LogP contribution in [-0.4, -0.2) is 23.9 Å². The molecule has 1 aliphatic rings. The zero-order valence-corrected chi connectivity index (χ0v) is 17.0. The monoisotopic (exact) mass is 477 g/mol. The fraction of sp³-hybridized carbons (Fsp3) is 0.294. The third-order valence-electron chi connectivity index (χ3n) is 4.10. The first-order valence-electron chi connectivity index (χ1n) is 7.29. The molecule has 0 spiro atoms. The first kappa shape index (κ1) is 19.4. The van der Waals surface area contributed by atoms with Crippen molar-refractivity contribution in [2.75, 3.05) is 13.7 Å². The number of phenols is 2. The van der Waals surface area contributed by atoms with Crippen LogP contribution in [0.25, 0.3) is 0 Å². The molecule has 0 saturated heterocycles. The number of phenolic OH excluding ortho intramolecular Hbond substituents is 2. The molecule has 3 N–H and O–H groups in total. The van der Waals surface area contributed by atoms with Gasteiger partial charge < -0.3 is 20.3 Å². The summed E-state index contributed by atoms with van der Waals surface area (Å²) < 4.78 is 7.13. The maximum absolute atomic E-state index is 9.81. The van der Waals surface area contributed by atoms with E-state index in [0.717, 1.165) is 50.8 Å². The molecular formula is C17H18Br2ClNO3. The number of hydrogen-bond donors (Lipinski definition) is 3. The van der Waals surface area contributed by atoms with Gasteiger partial charge in [0.25, 0.3) is 0 Å². The van der Waals surface area contributed by atoms with E-state index < -0.39 is 0 Å². The van der Waals surface area contributed by atoms with Crippen molar-refractivity contribution >= 4 is 44.3 Å². The summed E-state index contributed by atoms with van der Waals surface area (Å²) in [5.74, 6) is 0.641. The topological polar surface area (TPSA) is 61.7 Å². The zero-order valence-electron chi connectivity index (χ0n) is 13.0. The number of nitrogens with one attached hydrogen (secondary N) is 1. The number of hydrogen-bond acceptors (Lipinski definition) is 4. The van der Waals surface area contributed by atoms with Crippen molar-refractivity contribution in [2.45, 2.75) is 18.9 Å². The number of rotatable bonds is 3. The van der Waals surface area contributed by atoms with E-state index in [4.69, 9.17) is 4.74 Å². The molecule has 1 heterocycles. The molecule has 0 amide bonds. The van der Waals surface area contributed by atoms with Crippen LogP contribution in [0.2, 0.25) is 0 Å². The highest BCUT2D eigenvalue weighted by Crippen LogP contribution is 2.38. The van der Waals surface area contributed by atoms with Gasteiger partial charge in [0.1, 0.15) is 5.75 Å². The fourth-order valence-corrected chi connectivity index (χ4v) is 4.62. The van der Waals surface area contributed by atoms with E-state index in [1.165, 1.54) is 0 Å². The molecule has 0 radical (unpaired) electrons. The SMILES string of the molecule is COc1c(Br)cc(C[C@@H]2NCCc3cc(O)c(O)cc32)cc1Br.Cl. The highest BCUT2D eigenvalue weighted by atomic mass is 79.9. The second-order valence-corrected chi connectivity index (χ2v) is 7.30. The van der Waals surface area contributed by atoms with Gasteiger partial charge in [0.2, 0.25) is 0 Å². The van der Waals surface area contributed by atoms with E-state index in [0.29, 0.717) is 0 Å². The minimum atomic E-state index is -0.0745. The van der Waals surface area contributed by atoms with E-state index >= 15 is 0 Å². The van der Waals surface area contributed by atoms with Crippen LogP contribution >= 0.6 is 44.3 Å². The predicted molar refractivity (Wildman–Crippen MR) is 104 cm³/mol. The minimum absolute atomic E-state index is 0. The zero-order chi connectivity index (χ0) is 16.6. The van der Waals surface area contributed by atoms with Crippen LogP contribution in [0.3, 0.4) is 0 Å². The van der Waals surface area contributed by atoms with E-state index in [1.54, 1.807) is 19.2 Å². The summed E-state index contributed by atoms with van der Waals surface area (Å²) in [6, 6.07) is 7.50. The normalized spacial score (nSPS) is 16.2. The van der Waals surface area contributed by atoms with Gasteiger partial charge in [0.05, 0.1) is 16.1 Å². The van der Waals surface area contributed by atoms with Gasteiger partial charge in [-0.15, -0.1) is 12.4 Å². The number of ether oxygens (including phenoxy) is 1. The van der Waals surface area contributed by atoms with Crippen molar-refractivity contribution in [3.63, 3.8) is 0 Å². The molecule has 24 heavy (non-hydrogen) atoms. The third-order valence-corrected chi connectivity index (χ3v) is 5.28. The molecule has 1 atom stereocenters. The number of fused-ring (bicyclic) bond motifs is 1. The number of benzene rings is 2. The summed E-state index contributed by atoms with van der Waals surface area (Å²) >= 11 is 7.05. The van der Waals surface area contributed by atoms with Gasteiger partial charge in [0, 0.05) is 6.04 Å². The van der Waals surface area contributed by atoms with Crippen molar-refractivity contribution in [1.82, 2.24) is 5.32 Å². The van der Waals surface area contributed by atoms with Gasteiger partial charge in [-0.25, -0.2) is 0 Å². The molecule has 0 saturated carbocycles. The fourth-order valence-electron chi connectivity index (χ4n) is 3.01. The van der Waals surface area contributed by atoms with Crippen LogP contribution in [0.1, 0.15) is 22.7 Å². The molecule has 130 valence electrons. The Bertz CT molecular complexity index is 732. The predicted octanol–water partition coefficient (Wildman–Crippen LogP) is 4.48. The maximum Gasteiger partial charge on any atom is 0.157 e.